The fraction of sp³-hybridized carbons (Fsp3) is 0. The zero-order valence-electron chi connectivity index (χ0n) is 19.2. The number of thiophene rings is 3. The van der Waals surface area contributed by atoms with Crippen LogP contribution in [0.5, 0.6) is 0 Å². The van der Waals surface area contributed by atoms with Crippen LogP contribution in [0.3, 0.4) is 0 Å². The Morgan fingerprint density at radius 3 is 1.30 bits per heavy atom. The van der Waals surface area contributed by atoms with E-state index in [9.17, 15) is 0 Å². The van der Waals surface area contributed by atoms with Crippen LogP contribution in [0.25, 0.3) is 70.5 Å². The third-order valence-corrected chi connectivity index (χ3v) is 12.5. The van der Waals surface area contributed by atoms with E-state index in [1.165, 1.54) is 49.4 Å². The molecular formula is C30H16N2S5. The molecule has 7 heteroatoms. The lowest BCUT2D eigenvalue weighted by Gasteiger charge is -1.95. The zero-order chi connectivity index (χ0) is 24.3. The first-order valence-corrected chi connectivity index (χ1v) is 15.8. The summed E-state index contributed by atoms with van der Waals surface area (Å²) in [6, 6.07) is 34.5. The summed E-state index contributed by atoms with van der Waals surface area (Å²) < 4.78 is 2.47. The van der Waals surface area contributed by atoms with Crippen LogP contribution in [0.4, 0.5) is 0 Å². The first kappa shape index (κ1) is 21.8. The van der Waals surface area contributed by atoms with Gasteiger partial charge in [0.2, 0.25) is 0 Å². The van der Waals surface area contributed by atoms with E-state index in [0.29, 0.717) is 0 Å². The molecule has 0 N–H and O–H groups in total. The standard InChI is InChI=1S/C30H16N2S5/c1-2-8-18-17(7-1)27(23-13-15-25(33-23)29-31-19-9-3-5-11-21(19)35-29)37-28(18)24-14-16-26(34-24)30-32-20-10-4-6-12-22(20)36-30/h1-16H. The molecule has 0 saturated heterocycles. The maximum absolute atomic E-state index is 4.88. The summed E-state index contributed by atoms with van der Waals surface area (Å²) in [7, 11) is 0. The average Bonchev–Trinajstić information content (AvgIpc) is 3.76. The lowest BCUT2D eigenvalue weighted by molar-refractivity contribution is 1.50. The highest BCUT2D eigenvalue weighted by Crippen LogP contribution is 2.49. The lowest BCUT2D eigenvalue weighted by atomic mass is 10.1. The van der Waals surface area contributed by atoms with Crippen LogP contribution < -0.4 is 0 Å². The Morgan fingerprint density at radius 1 is 0.378 bits per heavy atom. The van der Waals surface area contributed by atoms with Crippen molar-refractivity contribution < 1.29 is 0 Å². The summed E-state index contributed by atoms with van der Waals surface area (Å²) in [6.45, 7) is 0. The van der Waals surface area contributed by atoms with Gasteiger partial charge in [0.1, 0.15) is 10.0 Å². The van der Waals surface area contributed by atoms with Crippen molar-refractivity contribution in [3.63, 3.8) is 0 Å². The third-order valence-electron chi connectivity index (χ3n) is 6.29. The predicted molar refractivity (Wildman–Crippen MR) is 166 cm³/mol. The number of aromatic nitrogens is 2. The van der Waals surface area contributed by atoms with E-state index in [0.717, 1.165) is 21.0 Å². The highest BCUT2D eigenvalue weighted by Gasteiger charge is 2.19. The molecule has 5 heterocycles. The van der Waals surface area contributed by atoms with Crippen molar-refractivity contribution in [3.8, 4) is 39.3 Å². The van der Waals surface area contributed by atoms with Gasteiger partial charge < -0.3 is 0 Å². The Bertz CT molecular complexity index is 1850. The second-order valence-electron chi connectivity index (χ2n) is 8.61. The fourth-order valence-electron chi connectivity index (χ4n) is 4.56. The Hall–Kier alpha value is -3.20. The largest absolute Gasteiger partial charge is 0.235 e. The first-order valence-electron chi connectivity index (χ1n) is 11.7. The second-order valence-corrected chi connectivity index (χ2v) is 13.9. The van der Waals surface area contributed by atoms with Crippen LogP contribution >= 0.6 is 56.7 Å². The van der Waals surface area contributed by atoms with E-state index in [4.69, 9.17) is 9.97 Å². The predicted octanol–water partition coefficient (Wildman–Crippen LogP) is 10.9. The molecule has 8 rings (SSSR count). The van der Waals surface area contributed by atoms with Crippen molar-refractivity contribution >= 4 is 87.9 Å². The van der Waals surface area contributed by atoms with Gasteiger partial charge in [0.25, 0.3) is 0 Å². The summed E-state index contributed by atoms with van der Waals surface area (Å²) in [5, 5.41) is 4.82. The molecule has 0 atom stereocenters. The van der Waals surface area contributed by atoms with E-state index < -0.39 is 0 Å². The first-order chi connectivity index (χ1) is 18.3. The molecule has 0 aliphatic rings. The van der Waals surface area contributed by atoms with Crippen molar-refractivity contribution in [2.45, 2.75) is 0 Å². The van der Waals surface area contributed by atoms with Crippen molar-refractivity contribution in [2.75, 3.05) is 0 Å². The normalized spacial score (nSPS) is 11.8. The number of benzene rings is 3. The van der Waals surface area contributed by atoms with Crippen LogP contribution in [-0.2, 0) is 0 Å². The molecule has 0 radical (unpaired) electrons. The molecule has 0 amide bonds. The number of para-hydroxylation sites is 2. The smallest absolute Gasteiger partial charge is 0.134 e. The number of fused-ring (bicyclic) bond motifs is 3. The Kier molecular flexibility index (Phi) is 5.13. The van der Waals surface area contributed by atoms with E-state index in [1.807, 2.05) is 34.0 Å². The molecule has 0 saturated carbocycles. The molecule has 0 aliphatic heterocycles. The molecule has 0 spiro atoms. The Morgan fingerprint density at radius 2 is 0.811 bits per heavy atom. The van der Waals surface area contributed by atoms with Crippen LogP contribution in [0.1, 0.15) is 0 Å². The van der Waals surface area contributed by atoms with Gasteiger partial charge in [0.15, 0.2) is 0 Å². The van der Waals surface area contributed by atoms with Gasteiger partial charge >= 0.3 is 0 Å². The molecule has 0 fully saturated rings. The van der Waals surface area contributed by atoms with Crippen molar-refractivity contribution in [2.24, 2.45) is 0 Å². The van der Waals surface area contributed by atoms with Gasteiger partial charge in [-0.25, -0.2) is 9.97 Å². The number of nitrogens with zero attached hydrogens (tertiary/aromatic N) is 2. The van der Waals surface area contributed by atoms with E-state index in [2.05, 4.69) is 97.1 Å². The average molecular weight is 565 g/mol. The maximum Gasteiger partial charge on any atom is 0.134 e. The number of hydrogen-bond donors (Lipinski definition) is 0. The number of thiazole rings is 2. The van der Waals surface area contributed by atoms with Gasteiger partial charge in [-0.1, -0.05) is 48.5 Å². The number of hydrogen-bond acceptors (Lipinski definition) is 7. The summed E-state index contributed by atoms with van der Waals surface area (Å²) >= 11 is 9.10. The molecule has 2 nitrogen and oxygen atoms in total. The van der Waals surface area contributed by atoms with Gasteiger partial charge in [-0.3, -0.25) is 0 Å². The summed E-state index contributed by atoms with van der Waals surface area (Å²) in [4.78, 5) is 17.5. The molecule has 0 aliphatic carbocycles. The van der Waals surface area contributed by atoms with E-state index in [-0.39, 0.29) is 0 Å². The third kappa shape index (κ3) is 3.69. The van der Waals surface area contributed by atoms with Gasteiger partial charge in [0, 0.05) is 20.5 Å². The topological polar surface area (TPSA) is 25.8 Å². The van der Waals surface area contributed by atoms with Crippen LogP contribution in [0.15, 0.2) is 97.1 Å². The van der Waals surface area contributed by atoms with Gasteiger partial charge in [0.05, 0.1) is 39.9 Å². The summed E-state index contributed by atoms with van der Waals surface area (Å²) in [6.07, 6.45) is 0. The van der Waals surface area contributed by atoms with E-state index in [1.54, 1.807) is 22.7 Å². The van der Waals surface area contributed by atoms with Crippen LogP contribution in [0.2, 0.25) is 0 Å². The van der Waals surface area contributed by atoms with Crippen LogP contribution in [-0.4, -0.2) is 9.97 Å². The lowest BCUT2D eigenvalue weighted by Crippen LogP contribution is -1.69. The Labute approximate surface area is 232 Å². The summed E-state index contributed by atoms with van der Waals surface area (Å²) in [5.74, 6) is 0. The van der Waals surface area contributed by atoms with Gasteiger partial charge in [-0.2, -0.15) is 0 Å². The molecular weight excluding hydrogens is 549 g/mol. The molecule has 8 aromatic rings. The molecule has 5 aromatic heterocycles. The monoisotopic (exact) mass is 564 g/mol. The molecule has 37 heavy (non-hydrogen) atoms. The molecule has 0 unspecified atom stereocenters. The zero-order valence-corrected chi connectivity index (χ0v) is 23.3. The van der Waals surface area contributed by atoms with Gasteiger partial charge in [-0.15, -0.1) is 56.7 Å². The SMILES string of the molecule is c1ccc2sc(-c3ccc(-c4sc(-c5ccc(-c6nc7ccccc7s6)s5)c5ccccc45)s3)nc2c1. The van der Waals surface area contributed by atoms with Gasteiger partial charge in [-0.05, 0) is 48.5 Å². The van der Waals surface area contributed by atoms with Crippen molar-refractivity contribution in [1.82, 2.24) is 9.97 Å². The maximum atomic E-state index is 4.88. The van der Waals surface area contributed by atoms with Crippen LogP contribution in [0, 0.1) is 0 Å². The molecule has 3 aromatic carbocycles. The minimum atomic E-state index is 1.07. The van der Waals surface area contributed by atoms with E-state index >= 15 is 0 Å². The highest BCUT2D eigenvalue weighted by molar-refractivity contribution is 7.31. The second kappa shape index (κ2) is 8.68. The minimum absolute atomic E-state index is 1.07. The van der Waals surface area contributed by atoms with Crippen molar-refractivity contribution in [1.29, 1.82) is 0 Å². The summed E-state index contributed by atoms with van der Waals surface area (Å²) in [5.41, 5.74) is 2.14. The molecule has 0 bridgehead atoms. The minimum Gasteiger partial charge on any atom is -0.235 e. The Balaban J connectivity index is 1.21. The quantitative estimate of drug-likeness (QED) is 0.212. The highest BCUT2D eigenvalue weighted by atomic mass is 32.1. The fourth-order valence-corrected chi connectivity index (χ4v) is 10.1. The van der Waals surface area contributed by atoms with Crippen molar-refractivity contribution in [3.05, 3.63) is 97.1 Å². The molecule has 176 valence electrons. The number of rotatable bonds is 4.